The minimum atomic E-state index is -0.0233. The zero-order valence-corrected chi connectivity index (χ0v) is 16.9. The van der Waals surface area contributed by atoms with Crippen LogP contribution < -0.4 is 5.32 Å². The van der Waals surface area contributed by atoms with Gasteiger partial charge in [0.05, 0.1) is 6.04 Å². The van der Waals surface area contributed by atoms with Gasteiger partial charge in [-0.05, 0) is 36.6 Å². The van der Waals surface area contributed by atoms with Gasteiger partial charge in [0.25, 0.3) is 0 Å². The van der Waals surface area contributed by atoms with Crippen LogP contribution in [0.15, 0.2) is 85.1 Å². The Morgan fingerprint density at radius 2 is 1.66 bits per heavy atom. The zero-order chi connectivity index (χ0) is 20.2. The van der Waals surface area contributed by atoms with Crippen molar-refractivity contribution in [2.75, 3.05) is 0 Å². The number of hydrogen-bond acceptors (Lipinski definition) is 1. The number of aryl methyl sites for hydroxylation is 1. The van der Waals surface area contributed by atoms with E-state index in [4.69, 9.17) is 0 Å². The lowest BCUT2D eigenvalue weighted by Crippen LogP contribution is -2.28. The van der Waals surface area contributed by atoms with Gasteiger partial charge in [-0.25, -0.2) is 0 Å². The smallest absolute Gasteiger partial charge is 0.221 e. The van der Waals surface area contributed by atoms with Crippen molar-refractivity contribution in [2.45, 2.75) is 32.2 Å². The molecule has 0 saturated heterocycles. The number of amides is 1. The summed E-state index contributed by atoms with van der Waals surface area (Å²) < 4.78 is 0. The van der Waals surface area contributed by atoms with Crippen LogP contribution in [0, 0.1) is 6.92 Å². The third-order valence-electron chi connectivity index (χ3n) is 5.51. The van der Waals surface area contributed by atoms with Crippen molar-refractivity contribution in [3.05, 3.63) is 107 Å². The fraction of sp³-hybridized carbons (Fsp3) is 0.192. The van der Waals surface area contributed by atoms with E-state index in [-0.39, 0.29) is 17.9 Å². The molecule has 3 aromatic carbocycles. The Morgan fingerprint density at radius 3 is 2.45 bits per heavy atom. The molecule has 1 heterocycles. The monoisotopic (exact) mass is 382 g/mol. The molecule has 0 spiro atoms. The van der Waals surface area contributed by atoms with Crippen molar-refractivity contribution in [2.24, 2.45) is 0 Å². The number of rotatable bonds is 6. The number of carbonyl (C=O) groups excluding carboxylic acids is 1. The van der Waals surface area contributed by atoms with Crippen LogP contribution >= 0.6 is 0 Å². The van der Waals surface area contributed by atoms with Crippen LogP contribution in [-0.2, 0) is 4.79 Å². The molecule has 0 aliphatic heterocycles. The second-order valence-corrected chi connectivity index (χ2v) is 7.66. The third kappa shape index (κ3) is 4.24. The van der Waals surface area contributed by atoms with E-state index >= 15 is 0 Å². The molecule has 4 rings (SSSR count). The number of carbonyl (C=O) groups is 1. The third-order valence-corrected chi connectivity index (χ3v) is 5.51. The van der Waals surface area contributed by atoms with Gasteiger partial charge >= 0.3 is 0 Å². The first-order valence-electron chi connectivity index (χ1n) is 10.1. The maximum atomic E-state index is 13.0. The van der Waals surface area contributed by atoms with Gasteiger partial charge in [-0.3, -0.25) is 4.79 Å². The first kappa shape index (κ1) is 19.0. The number of aromatic nitrogens is 1. The molecular weight excluding hydrogens is 356 g/mol. The van der Waals surface area contributed by atoms with Gasteiger partial charge in [0.1, 0.15) is 0 Å². The fourth-order valence-electron chi connectivity index (χ4n) is 3.99. The molecule has 0 aliphatic rings. The van der Waals surface area contributed by atoms with E-state index in [9.17, 15) is 4.79 Å². The summed E-state index contributed by atoms with van der Waals surface area (Å²) in [6, 6.07) is 26.8. The van der Waals surface area contributed by atoms with Gasteiger partial charge in [0.2, 0.25) is 5.91 Å². The van der Waals surface area contributed by atoms with Crippen molar-refractivity contribution in [3.8, 4) is 0 Å². The van der Waals surface area contributed by atoms with Crippen molar-refractivity contribution >= 4 is 16.8 Å². The maximum Gasteiger partial charge on any atom is 0.221 e. The topological polar surface area (TPSA) is 44.9 Å². The molecule has 29 heavy (non-hydrogen) atoms. The van der Waals surface area contributed by atoms with Crippen LogP contribution in [0.4, 0.5) is 0 Å². The van der Waals surface area contributed by atoms with Gasteiger partial charge in [0.15, 0.2) is 0 Å². The van der Waals surface area contributed by atoms with Crippen molar-refractivity contribution < 1.29 is 4.79 Å². The molecule has 2 atom stereocenters. The van der Waals surface area contributed by atoms with E-state index in [1.54, 1.807) is 0 Å². The Morgan fingerprint density at radius 1 is 0.931 bits per heavy atom. The lowest BCUT2D eigenvalue weighted by molar-refractivity contribution is -0.121. The molecule has 3 nitrogen and oxygen atoms in total. The highest BCUT2D eigenvalue weighted by Gasteiger charge is 2.22. The molecule has 2 unspecified atom stereocenters. The Bertz CT molecular complexity index is 1110. The predicted octanol–water partition coefficient (Wildman–Crippen LogP) is 5.88. The molecule has 0 saturated carbocycles. The second kappa shape index (κ2) is 8.36. The van der Waals surface area contributed by atoms with Crippen LogP contribution in [0.2, 0.25) is 0 Å². The number of nitrogens with one attached hydrogen (secondary N) is 2. The van der Waals surface area contributed by atoms with Crippen LogP contribution in [0.1, 0.15) is 47.6 Å². The number of hydrogen-bond donors (Lipinski definition) is 2. The van der Waals surface area contributed by atoms with Gasteiger partial charge in [-0.15, -0.1) is 0 Å². The highest BCUT2D eigenvalue weighted by Crippen LogP contribution is 2.34. The standard InChI is InChI=1S/C26H26N2O/c1-18-9-8-12-21(15-18)23(24-17-27-25-14-7-6-13-22(24)25)16-26(29)28-19(2)20-10-4-3-5-11-20/h3-15,17,19,23,27H,16H2,1-2H3,(H,28,29). The van der Waals surface area contributed by atoms with Crippen molar-refractivity contribution in [1.29, 1.82) is 0 Å². The Kier molecular flexibility index (Phi) is 5.48. The van der Waals surface area contributed by atoms with Crippen LogP contribution in [0.3, 0.4) is 0 Å². The Balaban J connectivity index is 1.63. The van der Waals surface area contributed by atoms with Crippen molar-refractivity contribution in [3.63, 3.8) is 0 Å². The molecule has 2 N–H and O–H groups in total. The van der Waals surface area contributed by atoms with Gasteiger partial charge in [-0.1, -0.05) is 78.4 Å². The fourth-order valence-corrected chi connectivity index (χ4v) is 3.99. The van der Waals surface area contributed by atoms with Gasteiger partial charge < -0.3 is 10.3 Å². The lowest BCUT2D eigenvalue weighted by atomic mass is 9.87. The largest absolute Gasteiger partial charge is 0.361 e. The normalized spacial score (nSPS) is 13.2. The maximum absolute atomic E-state index is 13.0. The SMILES string of the molecule is Cc1cccc(C(CC(=O)NC(C)c2ccccc2)c2c[nH]c3ccccc23)c1. The number of aromatic amines is 1. The zero-order valence-electron chi connectivity index (χ0n) is 16.9. The summed E-state index contributed by atoms with van der Waals surface area (Å²) >= 11 is 0. The summed E-state index contributed by atoms with van der Waals surface area (Å²) in [6.07, 6.45) is 2.45. The van der Waals surface area contributed by atoms with E-state index in [1.165, 1.54) is 10.9 Å². The first-order valence-corrected chi connectivity index (χ1v) is 10.1. The van der Waals surface area contributed by atoms with E-state index in [0.717, 1.165) is 22.2 Å². The number of H-pyrrole nitrogens is 1. The number of para-hydroxylation sites is 1. The summed E-state index contributed by atoms with van der Waals surface area (Å²) in [7, 11) is 0. The number of fused-ring (bicyclic) bond motifs is 1. The minimum absolute atomic E-state index is 0.00553. The highest BCUT2D eigenvalue weighted by molar-refractivity contribution is 5.86. The molecule has 0 radical (unpaired) electrons. The lowest BCUT2D eigenvalue weighted by Gasteiger charge is -2.20. The van der Waals surface area contributed by atoms with Crippen LogP contribution in [0.5, 0.6) is 0 Å². The molecule has 0 bridgehead atoms. The molecule has 1 amide bonds. The quantitative estimate of drug-likeness (QED) is 0.430. The second-order valence-electron chi connectivity index (χ2n) is 7.66. The highest BCUT2D eigenvalue weighted by atomic mass is 16.1. The number of benzene rings is 3. The van der Waals surface area contributed by atoms with E-state index in [1.807, 2.05) is 55.6 Å². The van der Waals surface area contributed by atoms with E-state index in [2.05, 4.69) is 53.6 Å². The van der Waals surface area contributed by atoms with Gasteiger partial charge in [-0.2, -0.15) is 0 Å². The molecule has 0 aliphatic carbocycles. The molecule has 1 aromatic heterocycles. The van der Waals surface area contributed by atoms with Crippen LogP contribution in [-0.4, -0.2) is 10.9 Å². The summed E-state index contributed by atoms with van der Waals surface area (Å²) in [5, 5.41) is 4.34. The Hall–Kier alpha value is -3.33. The summed E-state index contributed by atoms with van der Waals surface area (Å²) in [5.41, 5.74) is 5.73. The van der Waals surface area contributed by atoms with E-state index < -0.39 is 0 Å². The average molecular weight is 383 g/mol. The Labute approximate surface area is 171 Å². The van der Waals surface area contributed by atoms with Gasteiger partial charge in [0, 0.05) is 29.4 Å². The predicted molar refractivity (Wildman–Crippen MR) is 119 cm³/mol. The van der Waals surface area contributed by atoms with Crippen LogP contribution in [0.25, 0.3) is 10.9 Å². The minimum Gasteiger partial charge on any atom is -0.361 e. The first-order chi connectivity index (χ1) is 14.1. The molecule has 0 fully saturated rings. The van der Waals surface area contributed by atoms with E-state index in [0.29, 0.717) is 6.42 Å². The molecule has 4 aromatic rings. The molecule has 146 valence electrons. The average Bonchev–Trinajstić information content (AvgIpc) is 3.16. The summed E-state index contributed by atoms with van der Waals surface area (Å²) in [6.45, 7) is 4.12. The summed E-state index contributed by atoms with van der Waals surface area (Å²) in [4.78, 5) is 16.4. The molecular formula is C26H26N2O. The molecule has 3 heteroatoms. The van der Waals surface area contributed by atoms with Crippen molar-refractivity contribution in [1.82, 2.24) is 10.3 Å². The summed E-state index contributed by atoms with van der Waals surface area (Å²) in [5.74, 6) is 0.0483.